The predicted octanol–water partition coefficient (Wildman–Crippen LogP) is 4.29. The van der Waals surface area contributed by atoms with Gasteiger partial charge in [0.15, 0.2) is 0 Å². The van der Waals surface area contributed by atoms with Crippen LogP contribution in [0.1, 0.15) is 44.0 Å². The fourth-order valence-corrected chi connectivity index (χ4v) is 6.78. The SMILES string of the molecule is CCC(C(=O)O)n1c2c(c3cc(F)ccc31)C[C@@H](N(CC)S(=O)(=O)c1ccc([N+](=O)[O-])cc1)CC2. The van der Waals surface area contributed by atoms with Crippen molar-refractivity contribution in [3.63, 3.8) is 0 Å². The predicted molar refractivity (Wildman–Crippen MR) is 127 cm³/mol. The summed E-state index contributed by atoms with van der Waals surface area (Å²) in [7, 11) is -3.95. The Morgan fingerprint density at radius 1 is 1.26 bits per heavy atom. The number of carboxylic acid groups (broad SMARTS) is 1. The van der Waals surface area contributed by atoms with E-state index in [0.29, 0.717) is 36.6 Å². The third-order valence-electron chi connectivity index (χ3n) is 6.69. The van der Waals surface area contributed by atoms with Gasteiger partial charge in [0.2, 0.25) is 10.0 Å². The van der Waals surface area contributed by atoms with Crippen LogP contribution in [-0.2, 0) is 27.7 Å². The molecule has 0 amide bonds. The van der Waals surface area contributed by atoms with E-state index in [1.165, 1.54) is 28.6 Å². The minimum Gasteiger partial charge on any atom is -0.480 e. The molecule has 1 aliphatic carbocycles. The van der Waals surface area contributed by atoms with Crippen LogP contribution in [0.15, 0.2) is 47.4 Å². The van der Waals surface area contributed by atoms with E-state index in [4.69, 9.17) is 0 Å². The molecule has 3 aromatic rings. The number of aromatic nitrogens is 1. The van der Waals surface area contributed by atoms with E-state index >= 15 is 0 Å². The van der Waals surface area contributed by atoms with Gasteiger partial charge in [-0.25, -0.2) is 17.6 Å². The number of nitrogens with zero attached hydrogens (tertiary/aromatic N) is 3. The molecule has 0 saturated carbocycles. The lowest BCUT2D eigenvalue weighted by Crippen LogP contribution is -2.43. The number of sulfonamides is 1. The Morgan fingerprint density at radius 3 is 2.51 bits per heavy atom. The fraction of sp³-hybridized carbons (Fsp3) is 0.375. The summed E-state index contributed by atoms with van der Waals surface area (Å²) in [4.78, 5) is 22.3. The minimum absolute atomic E-state index is 0.0406. The Hall–Kier alpha value is -3.31. The lowest BCUT2D eigenvalue weighted by Gasteiger charge is -2.33. The summed E-state index contributed by atoms with van der Waals surface area (Å²) in [5, 5.41) is 21.3. The molecule has 186 valence electrons. The molecule has 1 unspecified atom stereocenters. The van der Waals surface area contributed by atoms with E-state index in [1.54, 1.807) is 24.5 Å². The van der Waals surface area contributed by atoms with Crippen molar-refractivity contribution in [3.8, 4) is 0 Å². The summed E-state index contributed by atoms with van der Waals surface area (Å²) in [5.74, 6) is -1.43. The molecule has 1 N–H and O–H groups in total. The maximum absolute atomic E-state index is 14.2. The summed E-state index contributed by atoms with van der Waals surface area (Å²) in [6, 6.07) is 7.79. The molecule has 1 aliphatic rings. The lowest BCUT2D eigenvalue weighted by molar-refractivity contribution is -0.384. The quantitative estimate of drug-likeness (QED) is 0.361. The molecule has 1 heterocycles. The zero-order valence-corrected chi connectivity index (χ0v) is 20.2. The number of non-ortho nitro benzene ring substituents is 1. The Balaban J connectivity index is 1.76. The highest BCUT2D eigenvalue weighted by Gasteiger charge is 2.36. The van der Waals surface area contributed by atoms with Crippen LogP contribution >= 0.6 is 0 Å². The zero-order valence-electron chi connectivity index (χ0n) is 19.3. The molecule has 0 spiro atoms. The van der Waals surface area contributed by atoms with E-state index < -0.39 is 38.8 Å². The standard InChI is InChI=1S/C24H26FN3O6S/c1-3-21(24(29)30)27-22-11-5-15(25)13-19(22)20-14-17(8-12-23(20)27)26(4-2)35(33,34)18-9-6-16(7-10-18)28(31)32/h5-7,9-11,13,17,21H,3-4,8,12,14H2,1-2H3,(H,29,30)/t17-,21?/m0/s1. The van der Waals surface area contributed by atoms with Crippen molar-refractivity contribution in [2.24, 2.45) is 0 Å². The molecule has 35 heavy (non-hydrogen) atoms. The number of hydrogen-bond donors (Lipinski definition) is 1. The highest BCUT2D eigenvalue weighted by Crippen LogP contribution is 2.38. The largest absolute Gasteiger partial charge is 0.480 e. The van der Waals surface area contributed by atoms with Crippen LogP contribution in [0.5, 0.6) is 0 Å². The third kappa shape index (κ3) is 4.30. The average Bonchev–Trinajstić information content (AvgIpc) is 3.12. The number of carbonyl (C=O) groups is 1. The van der Waals surface area contributed by atoms with E-state index in [0.717, 1.165) is 23.4 Å². The molecule has 0 saturated heterocycles. The number of nitro benzene ring substituents is 1. The first-order valence-electron chi connectivity index (χ1n) is 11.4. The van der Waals surface area contributed by atoms with Gasteiger partial charge in [-0.1, -0.05) is 13.8 Å². The van der Waals surface area contributed by atoms with Crippen molar-refractivity contribution in [3.05, 3.63) is 69.7 Å². The number of likely N-dealkylation sites (N-methyl/N-ethyl adjacent to an activating group) is 1. The monoisotopic (exact) mass is 503 g/mol. The summed E-state index contributed by atoms with van der Waals surface area (Å²) >= 11 is 0. The Kier molecular flexibility index (Phi) is 6.65. The molecule has 0 radical (unpaired) electrons. The summed E-state index contributed by atoms with van der Waals surface area (Å²) in [6.45, 7) is 3.68. The van der Waals surface area contributed by atoms with Gasteiger partial charge in [0.05, 0.1) is 9.82 Å². The van der Waals surface area contributed by atoms with Gasteiger partial charge >= 0.3 is 5.97 Å². The molecule has 0 aliphatic heterocycles. The second kappa shape index (κ2) is 9.38. The molecule has 2 aromatic carbocycles. The Labute approximate surface area is 202 Å². The van der Waals surface area contributed by atoms with Crippen LogP contribution in [0.2, 0.25) is 0 Å². The van der Waals surface area contributed by atoms with Crippen molar-refractivity contribution in [2.75, 3.05) is 6.54 Å². The molecule has 11 heteroatoms. The number of aliphatic carboxylic acids is 1. The number of hydrogen-bond acceptors (Lipinski definition) is 5. The summed E-state index contributed by atoms with van der Waals surface area (Å²) in [5.41, 5.74) is 1.97. The van der Waals surface area contributed by atoms with Gasteiger partial charge in [0.1, 0.15) is 11.9 Å². The number of fused-ring (bicyclic) bond motifs is 3. The smallest absolute Gasteiger partial charge is 0.326 e. The van der Waals surface area contributed by atoms with Crippen molar-refractivity contribution < 1.29 is 27.6 Å². The van der Waals surface area contributed by atoms with Crippen molar-refractivity contribution in [1.29, 1.82) is 0 Å². The van der Waals surface area contributed by atoms with Gasteiger partial charge in [-0.2, -0.15) is 4.31 Å². The highest BCUT2D eigenvalue weighted by molar-refractivity contribution is 7.89. The molecule has 0 fully saturated rings. The summed E-state index contributed by atoms with van der Waals surface area (Å²) < 4.78 is 44.2. The van der Waals surface area contributed by atoms with Gasteiger partial charge in [-0.3, -0.25) is 10.1 Å². The van der Waals surface area contributed by atoms with Gasteiger partial charge < -0.3 is 9.67 Å². The topological polar surface area (TPSA) is 123 Å². The first-order valence-corrected chi connectivity index (χ1v) is 12.8. The van der Waals surface area contributed by atoms with Crippen LogP contribution < -0.4 is 0 Å². The molecule has 4 rings (SSSR count). The van der Waals surface area contributed by atoms with Crippen molar-refractivity contribution in [1.82, 2.24) is 8.87 Å². The first-order chi connectivity index (χ1) is 16.6. The van der Waals surface area contributed by atoms with Crippen LogP contribution in [0.4, 0.5) is 10.1 Å². The molecular weight excluding hydrogens is 477 g/mol. The lowest BCUT2D eigenvalue weighted by atomic mass is 9.91. The van der Waals surface area contributed by atoms with Crippen molar-refractivity contribution in [2.45, 2.75) is 56.5 Å². The fourth-order valence-electron chi connectivity index (χ4n) is 5.12. The van der Waals surface area contributed by atoms with Gasteiger partial charge in [-0.05, 0) is 61.6 Å². The summed E-state index contributed by atoms with van der Waals surface area (Å²) in [6.07, 6.45) is 1.55. The zero-order chi connectivity index (χ0) is 25.5. The molecule has 1 aromatic heterocycles. The highest BCUT2D eigenvalue weighted by atomic mass is 32.2. The normalized spacial score (nSPS) is 16.9. The molecule has 0 bridgehead atoms. The Morgan fingerprint density at radius 2 is 1.94 bits per heavy atom. The van der Waals surface area contributed by atoms with E-state index in [-0.39, 0.29) is 17.1 Å². The Bertz CT molecular complexity index is 1400. The maximum Gasteiger partial charge on any atom is 0.326 e. The second-order valence-electron chi connectivity index (χ2n) is 8.58. The molecule has 9 nitrogen and oxygen atoms in total. The van der Waals surface area contributed by atoms with E-state index in [9.17, 15) is 32.8 Å². The van der Waals surface area contributed by atoms with Crippen LogP contribution in [-0.4, -0.2) is 45.9 Å². The van der Waals surface area contributed by atoms with Crippen molar-refractivity contribution >= 4 is 32.6 Å². The van der Waals surface area contributed by atoms with Gasteiger partial charge in [-0.15, -0.1) is 0 Å². The maximum atomic E-state index is 14.2. The van der Waals surface area contributed by atoms with Gasteiger partial charge in [0, 0.05) is 41.3 Å². The van der Waals surface area contributed by atoms with Crippen LogP contribution in [0.25, 0.3) is 10.9 Å². The second-order valence-corrected chi connectivity index (χ2v) is 10.5. The molecule has 2 atom stereocenters. The average molecular weight is 504 g/mol. The van der Waals surface area contributed by atoms with Crippen LogP contribution in [0.3, 0.4) is 0 Å². The van der Waals surface area contributed by atoms with E-state index in [2.05, 4.69) is 0 Å². The number of benzene rings is 2. The third-order valence-corrected chi connectivity index (χ3v) is 8.73. The minimum atomic E-state index is -3.95. The molecular formula is C24H26FN3O6S. The number of carboxylic acids is 1. The number of halogens is 1. The number of rotatable bonds is 8. The van der Waals surface area contributed by atoms with Gasteiger partial charge in [0.25, 0.3) is 5.69 Å². The van der Waals surface area contributed by atoms with Crippen LogP contribution in [0, 0.1) is 15.9 Å². The number of nitro groups is 1. The van der Waals surface area contributed by atoms with E-state index in [1.807, 2.05) is 0 Å². The first kappa shape index (κ1) is 24.8.